The molecule has 136 valence electrons. The number of phenols is 1. The molecule has 1 aliphatic rings. The van der Waals surface area contributed by atoms with Crippen LogP contribution in [0.3, 0.4) is 0 Å². The molecular formula is C17H10F4O5. The molecule has 0 bridgehead atoms. The van der Waals surface area contributed by atoms with Gasteiger partial charge in [0.2, 0.25) is 5.78 Å². The van der Waals surface area contributed by atoms with Crippen molar-refractivity contribution in [1.82, 2.24) is 0 Å². The standard InChI is InChI=1S/C17H10F4O5/c18-16(19)24-10-3-1-8(12(7-10)26-17(20)21)5-14-15(23)11-4-2-9(22)6-13(11)25-14/h1-7,16-17,22H. The molecule has 2 aromatic carbocycles. The summed E-state index contributed by atoms with van der Waals surface area (Å²) >= 11 is 0. The van der Waals surface area contributed by atoms with Crippen molar-refractivity contribution < 1.29 is 41.7 Å². The molecule has 0 aromatic heterocycles. The first kappa shape index (κ1) is 17.6. The average molecular weight is 370 g/mol. The van der Waals surface area contributed by atoms with Crippen LogP contribution in [0.25, 0.3) is 6.08 Å². The van der Waals surface area contributed by atoms with Crippen molar-refractivity contribution in [2.75, 3.05) is 0 Å². The molecule has 0 amide bonds. The highest BCUT2D eigenvalue weighted by Crippen LogP contribution is 2.36. The Morgan fingerprint density at radius 2 is 1.73 bits per heavy atom. The lowest BCUT2D eigenvalue weighted by atomic mass is 10.1. The largest absolute Gasteiger partial charge is 0.508 e. The van der Waals surface area contributed by atoms with Crippen LogP contribution in [-0.4, -0.2) is 24.1 Å². The van der Waals surface area contributed by atoms with Gasteiger partial charge >= 0.3 is 13.2 Å². The predicted molar refractivity (Wildman–Crippen MR) is 80.7 cm³/mol. The molecule has 9 heteroatoms. The number of rotatable bonds is 5. The van der Waals surface area contributed by atoms with Crippen LogP contribution in [0.5, 0.6) is 23.0 Å². The molecule has 0 fully saturated rings. The molecule has 1 N–H and O–H groups in total. The first-order valence-corrected chi connectivity index (χ1v) is 7.14. The number of alkyl halides is 4. The van der Waals surface area contributed by atoms with Gasteiger partial charge in [0.25, 0.3) is 0 Å². The van der Waals surface area contributed by atoms with E-state index in [0.29, 0.717) is 0 Å². The van der Waals surface area contributed by atoms with Gasteiger partial charge in [0.05, 0.1) is 5.56 Å². The Labute approximate surface area is 144 Å². The maximum absolute atomic E-state index is 12.6. The lowest BCUT2D eigenvalue weighted by molar-refractivity contribution is -0.0543. The van der Waals surface area contributed by atoms with E-state index in [1.54, 1.807) is 0 Å². The maximum Gasteiger partial charge on any atom is 0.387 e. The molecule has 3 rings (SSSR count). The minimum absolute atomic E-state index is 0.00713. The highest BCUT2D eigenvalue weighted by molar-refractivity contribution is 6.14. The number of carbonyl (C=O) groups is 1. The van der Waals surface area contributed by atoms with Crippen molar-refractivity contribution in [1.29, 1.82) is 0 Å². The first-order valence-electron chi connectivity index (χ1n) is 7.14. The van der Waals surface area contributed by atoms with Gasteiger partial charge in [0, 0.05) is 17.7 Å². The molecule has 0 saturated carbocycles. The van der Waals surface area contributed by atoms with Crippen LogP contribution >= 0.6 is 0 Å². The van der Waals surface area contributed by atoms with Gasteiger partial charge in [-0.15, -0.1) is 0 Å². The van der Waals surface area contributed by atoms with Crippen molar-refractivity contribution in [3.05, 3.63) is 53.3 Å². The van der Waals surface area contributed by atoms with Crippen LogP contribution in [0.15, 0.2) is 42.2 Å². The molecule has 1 heterocycles. The molecule has 0 unspecified atom stereocenters. The summed E-state index contributed by atoms with van der Waals surface area (Å²) in [7, 11) is 0. The second kappa shape index (κ2) is 6.95. The number of hydrogen-bond acceptors (Lipinski definition) is 5. The van der Waals surface area contributed by atoms with E-state index in [1.165, 1.54) is 24.3 Å². The van der Waals surface area contributed by atoms with Crippen molar-refractivity contribution in [2.45, 2.75) is 13.2 Å². The Bertz CT molecular complexity index is 879. The van der Waals surface area contributed by atoms with Gasteiger partial charge in [0.15, 0.2) is 5.76 Å². The van der Waals surface area contributed by atoms with Crippen molar-refractivity contribution in [2.24, 2.45) is 0 Å². The van der Waals surface area contributed by atoms with Crippen molar-refractivity contribution >= 4 is 11.9 Å². The van der Waals surface area contributed by atoms with E-state index in [1.807, 2.05) is 0 Å². The van der Waals surface area contributed by atoms with E-state index >= 15 is 0 Å². The van der Waals surface area contributed by atoms with Crippen LogP contribution in [0.4, 0.5) is 17.6 Å². The fraction of sp³-hybridized carbons (Fsp3) is 0.118. The third-order valence-corrected chi connectivity index (χ3v) is 3.37. The molecule has 5 nitrogen and oxygen atoms in total. The van der Waals surface area contributed by atoms with Gasteiger partial charge in [-0.3, -0.25) is 4.79 Å². The Balaban J connectivity index is 1.96. The number of ketones is 1. The summed E-state index contributed by atoms with van der Waals surface area (Å²) in [5.41, 5.74) is 0.176. The summed E-state index contributed by atoms with van der Waals surface area (Å²) in [5.74, 6) is -1.60. The van der Waals surface area contributed by atoms with Crippen LogP contribution in [0.1, 0.15) is 15.9 Å². The van der Waals surface area contributed by atoms with Gasteiger partial charge in [-0.05, 0) is 30.3 Å². The number of hydrogen-bond donors (Lipinski definition) is 1. The van der Waals surface area contributed by atoms with Crippen LogP contribution in [0, 0.1) is 0 Å². The summed E-state index contributed by atoms with van der Waals surface area (Å²) in [5, 5.41) is 9.42. The molecule has 0 radical (unpaired) electrons. The van der Waals surface area contributed by atoms with Gasteiger partial charge in [0.1, 0.15) is 23.0 Å². The zero-order valence-electron chi connectivity index (χ0n) is 12.8. The number of aromatic hydroxyl groups is 1. The third-order valence-electron chi connectivity index (χ3n) is 3.37. The lowest BCUT2D eigenvalue weighted by Gasteiger charge is -2.11. The molecule has 0 spiro atoms. The van der Waals surface area contributed by atoms with E-state index in [4.69, 9.17) is 4.74 Å². The zero-order chi connectivity index (χ0) is 18.8. The summed E-state index contributed by atoms with van der Waals surface area (Å²) in [6.07, 6.45) is 1.13. The monoisotopic (exact) mass is 370 g/mol. The number of halogens is 4. The van der Waals surface area contributed by atoms with Crippen LogP contribution in [0.2, 0.25) is 0 Å². The number of fused-ring (bicyclic) bond motifs is 1. The van der Waals surface area contributed by atoms with Crippen molar-refractivity contribution in [3.63, 3.8) is 0 Å². The minimum Gasteiger partial charge on any atom is -0.508 e. The molecule has 1 aliphatic heterocycles. The smallest absolute Gasteiger partial charge is 0.387 e. The molecule has 0 saturated heterocycles. The number of Topliss-reactive ketones (excluding diaryl/α,β-unsaturated/α-hetero) is 1. The Hall–Kier alpha value is -3.23. The highest BCUT2D eigenvalue weighted by atomic mass is 19.3. The van der Waals surface area contributed by atoms with E-state index in [0.717, 1.165) is 18.2 Å². The van der Waals surface area contributed by atoms with E-state index in [9.17, 15) is 27.5 Å². The SMILES string of the molecule is O=C1C(=Cc2ccc(OC(F)F)cc2OC(F)F)Oc2cc(O)ccc21. The van der Waals surface area contributed by atoms with Gasteiger partial charge in [-0.2, -0.15) is 17.6 Å². The van der Waals surface area contributed by atoms with Gasteiger partial charge in [-0.25, -0.2) is 0 Å². The minimum atomic E-state index is -3.22. The number of carbonyl (C=O) groups excluding carboxylic acids is 1. The second-order valence-corrected chi connectivity index (χ2v) is 5.08. The molecule has 26 heavy (non-hydrogen) atoms. The number of benzene rings is 2. The van der Waals surface area contributed by atoms with E-state index < -0.39 is 24.8 Å². The normalized spacial score (nSPS) is 14.7. The number of ether oxygens (including phenoxy) is 3. The van der Waals surface area contributed by atoms with Gasteiger partial charge < -0.3 is 19.3 Å². The predicted octanol–water partition coefficient (Wildman–Crippen LogP) is 4.21. The van der Waals surface area contributed by atoms with Crippen molar-refractivity contribution in [3.8, 4) is 23.0 Å². The van der Waals surface area contributed by atoms with E-state index in [-0.39, 0.29) is 34.1 Å². The molecule has 0 aliphatic carbocycles. The molecule has 0 atom stereocenters. The van der Waals surface area contributed by atoms with E-state index in [2.05, 4.69) is 9.47 Å². The quantitative estimate of drug-likeness (QED) is 0.631. The highest BCUT2D eigenvalue weighted by Gasteiger charge is 2.28. The summed E-state index contributed by atoms with van der Waals surface area (Å²) in [6, 6.07) is 7.00. The third kappa shape index (κ3) is 3.71. The average Bonchev–Trinajstić information content (AvgIpc) is 2.84. The Morgan fingerprint density at radius 3 is 2.42 bits per heavy atom. The topological polar surface area (TPSA) is 65.0 Å². The summed E-state index contributed by atoms with van der Waals surface area (Å²) < 4.78 is 63.5. The molecule has 2 aromatic rings. The fourth-order valence-corrected chi connectivity index (χ4v) is 2.32. The lowest BCUT2D eigenvalue weighted by Crippen LogP contribution is -2.06. The Morgan fingerprint density at radius 1 is 1.00 bits per heavy atom. The number of allylic oxidation sites excluding steroid dienone is 1. The Kier molecular flexibility index (Phi) is 4.70. The summed E-state index contributed by atoms with van der Waals surface area (Å²) in [6.45, 7) is -6.36. The second-order valence-electron chi connectivity index (χ2n) is 5.08. The maximum atomic E-state index is 12.6. The summed E-state index contributed by atoms with van der Waals surface area (Å²) in [4.78, 5) is 12.3. The number of phenolic OH excluding ortho intramolecular Hbond substituents is 1. The van der Waals surface area contributed by atoms with Crippen LogP contribution < -0.4 is 14.2 Å². The zero-order valence-corrected chi connectivity index (χ0v) is 12.8. The fourth-order valence-electron chi connectivity index (χ4n) is 2.32. The van der Waals surface area contributed by atoms with Gasteiger partial charge in [-0.1, -0.05) is 0 Å². The molecular weight excluding hydrogens is 360 g/mol. The van der Waals surface area contributed by atoms with Crippen LogP contribution in [-0.2, 0) is 0 Å². The first-order chi connectivity index (χ1) is 12.3.